The molecule has 1 amide bonds. The third-order valence-electron chi connectivity index (χ3n) is 3.17. The van der Waals surface area contributed by atoms with Gasteiger partial charge in [0.1, 0.15) is 5.82 Å². The number of nitrogens with one attached hydrogen (secondary N) is 1. The van der Waals surface area contributed by atoms with Crippen LogP contribution in [0.25, 0.3) is 0 Å². The van der Waals surface area contributed by atoms with Gasteiger partial charge < -0.3 is 10.1 Å². The number of benzene rings is 2. The molecule has 0 bridgehead atoms. The Balaban J connectivity index is 2.26. The van der Waals surface area contributed by atoms with Gasteiger partial charge in [-0.25, -0.2) is 9.18 Å². The van der Waals surface area contributed by atoms with E-state index in [1.165, 1.54) is 18.2 Å². The summed E-state index contributed by atoms with van der Waals surface area (Å²) in [5.74, 6) is -1.82. The first-order valence-electron chi connectivity index (χ1n) is 6.96. The standard InChI is InChI=1S/C17H15ClFNO3/c1-3-23-17(22)11-5-4-10(2)15(8-11)20-16(21)13-7-6-12(18)9-14(13)19/h4-9H,3H2,1-2H3,(H,20,21). The van der Waals surface area contributed by atoms with Crippen LogP contribution >= 0.6 is 11.6 Å². The summed E-state index contributed by atoms with van der Waals surface area (Å²) in [5, 5.41) is 2.80. The summed E-state index contributed by atoms with van der Waals surface area (Å²) in [6.07, 6.45) is 0. The third kappa shape index (κ3) is 4.07. The number of anilines is 1. The van der Waals surface area contributed by atoms with E-state index in [9.17, 15) is 14.0 Å². The quantitative estimate of drug-likeness (QED) is 0.851. The molecule has 0 heterocycles. The summed E-state index contributed by atoms with van der Waals surface area (Å²) in [4.78, 5) is 23.9. The van der Waals surface area contributed by atoms with Crippen molar-refractivity contribution in [3.63, 3.8) is 0 Å². The van der Waals surface area contributed by atoms with Crippen LogP contribution in [0.5, 0.6) is 0 Å². The van der Waals surface area contributed by atoms with Crippen LogP contribution in [0.4, 0.5) is 10.1 Å². The van der Waals surface area contributed by atoms with Gasteiger partial charge in [0.25, 0.3) is 5.91 Å². The van der Waals surface area contributed by atoms with Crippen molar-refractivity contribution >= 4 is 29.2 Å². The second kappa shape index (κ2) is 7.24. The molecule has 0 saturated heterocycles. The van der Waals surface area contributed by atoms with E-state index in [1.54, 1.807) is 26.0 Å². The Kier molecular flexibility index (Phi) is 5.34. The summed E-state index contributed by atoms with van der Waals surface area (Å²) in [5.41, 5.74) is 1.33. The van der Waals surface area contributed by atoms with Crippen LogP contribution in [0.3, 0.4) is 0 Å². The van der Waals surface area contributed by atoms with Crippen LogP contribution in [-0.4, -0.2) is 18.5 Å². The minimum absolute atomic E-state index is 0.129. The first-order valence-corrected chi connectivity index (χ1v) is 7.34. The SMILES string of the molecule is CCOC(=O)c1ccc(C)c(NC(=O)c2ccc(Cl)cc2F)c1. The van der Waals surface area contributed by atoms with Gasteiger partial charge in [0.15, 0.2) is 0 Å². The first kappa shape index (κ1) is 17.0. The molecule has 4 nitrogen and oxygen atoms in total. The maximum atomic E-state index is 13.8. The van der Waals surface area contributed by atoms with E-state index in [-0.39, 0.29) is 17.2 Å². The van der Waals surface area contributed by atoms with Crippen molar-refractivity contribution in [3.8, 4) is 0 Å². The summed E-state index contributed by atoms with van der Waals surface area (Å²) in [6, 6.07) is 8.59. The Labute approximate surface area is 138 Å². The third-order valence-corrected chi connectivity index (χ3v) is 3.41. The van der Waals surface area contributed by atoms with Gasteiger partial charge >= 0.3 is 5.97 Å². The van der Waals surface area contributed by atoms with Gasteiger partial charge in [0, 0.05) is 10.7 Å². The predicted octanol–water partition coefficient (Wildman–Crippen LogP) is 4.22. The molecule has 2 aromatic carbocycles. The minimum Gasteiger partial charge on any atom is -0.462 e. The lowest BCUT2D eigenvalue weighted by Crippen LogP contribution is -2.15. The molecular weight excluding hydrogens is 321 g/mol. The van der Waals surface area contributed by atoms with Gasteiger partial charge in [-0.05, 0) is 49.7 Å². The van der Waals surface area contributed by atoms with Gasteiger partial charge in [-0.15, -0.1) is 0 Å². The summed E-state index contributed by atoms with van der Waals surface area (Å²) in [7, 11) is 0. The number of hydrogen-bond donors (Lipinski definition) is 1. The van der Waals surface area contributed by atoms with E-state index in [2.05, 4.69) is 5.32 Å². The van der Waals surface area contributed by atoms with E-state index in [4.69, 9.17) is 16.3 Å². The molecule has 2 rings (SSSR count). The predicted molar refractivity (Wildman–Crippen MR) is 86.5 cm³/mol. The number of rotatable bonds is 4. The van der Waals surface area contributed by atoms with Crippen molar-refractivity contribution in [1.82, 2.24) is 0 Å². The summed E-state index contributed by atoms with van der Waals surface area (Å²) in [6.45, 7) is 3.73. The average molecular weight is 336 g/mol. The topological polar surface area (TPSA) is 55.4 Å². The molecule has 0 aliphatic heterocycles. The number of carbonyl (C=O) groups excluding carboxylic acids is 2. The Hall–Kier alpha value is -2.40. The maximum absolute atomic E-state index is 13.8. The van der Waals surface area contributed by atoms with Crippen molar-refractivity contribution < 1.29 is 18.7 Å². The Morgan fingerprint density at radius 2 is 1.96 bits per heavy atom. The maximum Gasteiger partial charge on any atom is 0.338 e. The van der Waals surface area contributed by atoms with Crippen LogP contribution in [-0.2, 0) is 4.74 Å². The molecule has 0 atom stereocenters. The van der Waals surface area contributed by atoms with E-state index in [1.807, 2.05) is 0 Å². The second-order valence-corrected chi connectivity index (χ2v) is 5.26. The highest BCUT2D eigenvalue weighted by molar-refractivity contribution is 6.30. The summed E-state index contributed by atoms with van der Waals surface area (Å²) < 4.78 is 18.7. The molecular formula is C17H15ClFNO3. The lowest BCUT2D eigenvalue weighted by Gasteiger charge is -2.11. The molecule has 23 heavy (non-hydrogen) atoms. The van der Waals surface area contributed by atoms with E-state index >= 15 is 0 Å². The van der Waals surface area contributed by atoms with Crippen molar-refractivity contribution in [1.29, 1.82) is 0 Å². The molecule has 0 radical (unpaired) electrons. The Morgan fingerprint density at radius 1 is 1.22 bits per heavy atom. The lowest BCUT2D eigenvalue weighted by atomic mass is 10.1. The summed E-state index contributed by atoms with van der Waals surface area (Å²) >= 11 is 5.67. The van der Waals surface area contributed by atoms with Gasteiger partial charge in [-0.3, -0.25) is 4.79 Å². The molecule has 0 aliphatic carbocycles. The largest absolute Gasteiger partial charge is 0.462 e. The molecule has 0 spiro atoms. The fraction of sp³-hybridized carbons (Fsp3) is 0.176. The molecule has 2 aromatic rings. The minimum atomic E-state index is -0.714. The number of amides is 1. The van der Waals surface area contributed by atoms with Gasteiger partial charge in [0.05, 0.1) is 17.7 Å². The molecule has 0 fully saturated rings. The van der Waals surface area contributed by atoms with Crippen molar-refractivity contribution in [2.45, 2.75) is 13.8 Å². The molecule has 0 aliphatic rings. The Bertz CT molecular complexity index is 761. The smallest absolute Gasteiger partial charge is 0.338 e. The van der Waals surface area contributed by atoms with Gasteiger partial charge in [-0.2, -0.15) is 0 Å². The molecule has 0 saturated carbocycles. The Morgan fingerprint density at radius 3 is 2.61 bits per heavy atom. The van der Waals surface area contributed by atoms with Crippen LogP contribution in [0, 0.1) is 12.7 Å². The molecule has 0 unspecified atom stereocenters. The van der Waals surface area contributed by atoms with Crippen LogP contribution < -0.4 is 5.32 Å². The van der Waals surface area contributed by atoms with E-state index in [0.717, 1.165) is 11.6 Å². The van der Waals surface area contributed by atoms with Crippen LogP contribution in [0.15, 0.2) is 36.4 Å². The normalized spacial score (nSPS) is 10.3. The van der Waals surface area contributed by atoms with Crippen molar-refractivity contribution in [3.05, 3.63) is 63.9 Å². The highest BCUT2D eigenvalue weighted by Gasteiger charge is 2.15. The van der Waals surface area contributed by atoms with Gasteiger partial charge in [0.2, 0.25) is 0 Å². The zero-order valence-corrected chi connectivity index (χ0v) is 13.4. The monoisotopic (exact) mass is 335 g/mol. The lowest BCUT2D eigenvalue weighted by molar-refractivity contribution is 0.0526. The second-order valence-electron chi connectivity index (χ2n) is 4.83. The molecule has 0 aromatic heterocycles. The number of halogens is 2. The molecule has 120 valence electrons. The highest BCUT2D eigenvalue weighted by atomic mass is 35.5. The van der Waals surface area contributed by atoms with E-state index in [0.29, 0.717) is 11.3 Å². The number of ether oxygens (including phenoxy) is 1. The zero-order chi connectivity index (χ0) is 17.0. The number of carbonyl (C=O) groups is 2. The zero-order valence-electron chi connectivity index (χ0n) is 12.7. The van der Waals surface area contributed by atoms with Crippen LogP contribution in [0.2, 0.25) is 5.02 Å². The molecule has 1 N–H and O–H groups in total. The van der Waals surface area contributed by atoms with Crippen molar-refractivity contribution in [2.75, 3.05) is 11.9 Å². The van der Waals surface area contributed by atoms with Gasteiger partial charge in [-0.1, -0.05) is 17.7 Å². The number of esters is 1. The molecule has 6 heteroatoms. The average Bonchev–Trinajstić information content (AvgIpc) is 2.49. The van der Waals surface area contributed by atoms with Crippen LogP contribution in [0.1, 0.15) is 33.2 Å². The fourth-order valence-electron chi connectivity index (χ4n) is 1.96. The van der Waals surface area contributed by atoms with Crippen molar-refractivity contribution in [2.24, 2.45) is 0 Å². The highest BCUT2D eigenvalue weighted by Crippen LogP contribution is 2.20. The fourth-order valence-corrected chi connectivity index (χ4v) is 2.12. The van der Waals surface area contributed by atoms with E-state index < -0.39 is 17.7 Å². The number of hydrogen-bond acceptors (Lipinski definition) is 3. The number of aryl methyl sites for hydroxylation is 1. The first-order chi connectivity index (χ1) is 10.9.